The summed E-state index contributed by atoms with van der Waals surface area (Å²) in [4.78, 5) is 11.3. The van der Waals surface area contributed by atoms with Gasteiger partial charge in [-0.25, -0.2) is 4.79 Å². The van der Waals surface area contributed by atoms with Crippen LogP contribution in [-0.4, -0.2) is 13.1 Å². The molecule has 0 radical (unpaired) electrons. The Morgan fingerprint density at radius 1 is 1.09 bits per heavy atom. The second-order valence-electron chi connectivity index (χ2n) is 4.62. The molecule has 0 heterocycles. The van der Waals surface area contributed by atoms with Gasteiger partial charge < -0.3 is 10.5 Å². The predicted octanol–water partition coefficient (Wildman–Crippen LogP) is 3.47. The lowest BCUT2D eigenvalue weighted by Crippen LogP contribution is -2.06. The maximum Gasteiger partial charge on any atom is 0.416 e. The number of halogens is 3. The van der Waals surface area contributed by atoms with Crippen molar-refractivity contribution in [1.29, 1.82) is 0 Å². The Bertz CT molecular complexity index is 784. The molecule has 0 fully saturated rings. The number of methoxy groups -OCH3 is 1. The molecule has 2 rings (SSSR count). The zero-order valence-corrected chi connectivity index (χ0v) is 12.1. The van der Waals surface area contributed by atoms with E-state index >= 15 is 0 Å². The standard InChI is InChI=1S/C17H12F3NO2/c1-23-16(22)13-6-3-11(4-7-13)2-5-12-8-9-14(10-15(12)21)17(18,19)20/h3-4,6-10H,21H2,1H3. The molecule has 2 aromatic carbocycles. The summed E-state index contributed by atoms with van der Waals surface area (Å²) in [5.74, 6) is 5.03. The Morgan fingerprint density at radius 3 is 2.26 bits per heavy atom. The molecule has 0 aliphatic heterocycles. The number of alkyl halides is 3. The van der Waals surface area contributed by atoms with Crippen LogP contribution >= 0.6 is 0 Å². The van der Waals surface area contributed by atoms with Gasteiger partial charge in [0, 0.05) is 16.8 Å². The van der Waals surface area contributed by atoms with Crippen molar-refractivity contribution in [1.82, 2.24) is 0 Å². The molecular weight excluding hydrogens is 307 g/mol. The van der Waals surface area contributed by atoms with Crippen LogP contribution in [0.3, 0.4) is 0 Å². The monoisotopic (exact) mass is 319 g/mol. The number of rotatable bonds is 1. The summed E-state index contributed by atoms with van der Waals surface area (Å²) in [6.07, 6.45) is -4.44. The lowest BCUT2D eigenvalue weighted by Gasteiger charge is -2.07. The van der Waals surface area contributed by atoms with Gasteiger partial charge in [-0.15, -0.1) is 0 Å². The Morgan fingerprint density at radius 2 is 1.74 bits per heavy atom. The quantitative estimate of drug-likeness (QED) is 0.497. The Labute approximate surface area is 130 Å². The molecule has 0 atom stereocenters. The molecule has 23 heavy (non-hydrogen) atoms. The van der Waals surface area contributed by atoms with E-state index in [2.05, 4.69) is 16.6 Å². The van der Waals surface area contributed by atoms with Crippen LogP contribution in [-0.2, 0) is 10.9 Å². The first-order valence-corrected chi connectivity index (χ1v) is 6.48. The highest BCUT2D eigenvalue weighted by molar-refractivity contribution is 5.89. The first-order chi connectivity index (χ1) is 10.8. The molecule has 0 unspecified atom stereocenters. The number of hydrogen-bond acceptors (Lipinski definition) is 3. The summed E-state index contributed by atoms with van der Waals surface area (Å²) in [5.41, 5.74) is 6.02. The van der Waals surface area contributed by atoms with E-state index in [1.807, 2.05) is 0 Å². The number of benzene rings is 2. The van der Waals surface area contributed by atoms with Crippen molar-refractivity contribution >= 4 is 11.7 Å². The third-order valence-corrected chi connectivity index (χ3v) is 3.03. The van der Waals surface area contributed by atoms with Gasteiger partial charge in [-0.2, -0.15) is 13.2 Å². The fourth-order valence-electron chi connectivity index (χ4n) is 1.80. The molecule has 0 amide bonds. The summed E-state index contributed by atoms with van der Waals surface area (Å²) in [6, 6.07) is 9.33. The van der Waals surface area contributed by atoms with E-state index in [0.29, 0.717) is 16.7 Å². The Hall–Kier alpha value is -2.94. The number of carbonyl (C=O) groups is 1. The van der Waals surface area contributed by atoms with E-state index in [1.54, 1.807) is 24.3 Å². The maximum absolute atomic E-state index is 12.6. The van der Waals surface area contributed by atoms with Crippen molar-refractivity contribution in [3.05, 3.63) is 64.7 Å². The molecule has 0 bridgehead atoms. The molecule has 2 aromatic rings. The summed E-state index contributed by atoms with van der Waals surface area (Å²) in [5, 5.41) is 0. The Kier molecular flexibility index (Phi) is 4.60. The molecule has 0 saturated heterocycles. The number of hydrogen-bond donors (Lipinski definition) is 1. The van der Waals surface area contributed by atoms with Crippen LogP contribution < -0.4 is 5.73 Å². The van der Waals surface area contributed by atoms with E-state index < -0.39 is 17.7 Å². The number of nitrogen functional groups attached to an aromatic ring is 1. The van der Waals surface area contributed by atoms with Gasteiger partial charge in [-0.1, -0.05) is 11.8 Å². The number of esters is 1. The first-order valence-electron chi connectivity index (χ1n) is 6.48. The number of nitrogens with two attached hydrogens (primary N) is 1. The maximum atomic E-state index is 12.6. The average Bonchev–Trinajstić information content (AvgIpc) is 2.52. The molecule has 0 aliphatic carbocycles. The molecule has 3 nitrogen and oxygen atoms in total. The topological polar surface area (TPSA) is 52.3 Å². The van der Waals surface area contributed by atoms with Crippen LogP contribution in [0, 0.1) is 11.8 Å². The third-order valence-electron chi connectivity index (χ3n) is 3.03. The summed E-state index contributed by atoms with van der Waals surface area (Å²) in [6.45, 7) is 0. The van der Waals surface area contributed by atoms with Crippen molar-refractivity contribution in [3.8, 4) is 11.8 Å². The van der Waals surface area contributed by atoms with Gasteiger partial charge >= 0.3 is 12.1 Å². The van der Waals surface area contributed by atoms with Gasteiger partial charge in [-0.05, 0) is 42.5 Å². The van der Waals surface area contributed by atoms with Crippen LogP contribution in [0.15, 0.2) is 42.5 Å². The van der Waals surface area contributed by atoms with Crippen LogP contribution in [0.1, 0.15) is 27.0 Å². The van der Waals surface area contributed by atoms with Gasteiger partial charge in [0.25, 0.3) is 0 Å². The van der Waals surface area contributed by atoms with Gasteiger partial charge in [0.1, 0.15) is 0 Å². The molecule has 6 heteroatoms. The van der Waals surface area contributed by atoms with Gasteiger partial charge in [0.15, 0.2) is 0 Å². The van der Waals surface area contributed by atoms with Crippen molar-refractivity contribution in [3.63, 3.8) is 0 Å². The minimum atomic E-state index is -4.44. The van der Waals surface area contributed by atoms with Gasteiger partial charge in [-0.3, -0.25) is 0 Å². The van der Waals surface area contributed by atoms with Crippen LogP contribution in [0.25, 0.3) is 0 Å². The van der Waals surface area contributed by atoms with Crippen molar-refractivity contribution in [2.45, 2.75) is 6.18 Å². The molecule has 0 aromatic heterocycles. The van der Waals surface area contributed by atoms with E-state index in [1.165, 1.54) is 13.2 Å². The average molecular weight is 319 g/mol. The van der Waals surface area contributed by atoms with Crippen molar-refractivity contribution in [2.75, 3.05) is 12.8 Å². The highest BCUT2D eigenvalue weighted by Crippen LogP contribution is 2.31. The van der Waals surface area contributed by atoms with E-state index in [9.17, 15) is 18.0 Å². The second kappa shape index (κ2) is 6.44. The third kappa shape index (κ3) is 4.04. The van der Waals surface area contributed by atoms with Crippen molar-refractivity contribution in [2.24, 2.45) is 0 Å². The summed E-state index contributed by atoms with van der Waals surface area (Å²) in [7, 11) is 1.28. The Balaban J connectivity index is 2.23. The lowest BCUT2D eigenvalue weighted by atomic mass is 10.1. The molecule has 2 N–H and O–H groups in total. The summed E-state index contributed by atoms with van der Waals surface area (Å²) >= 11 is 0. The second-order valence-corrected chi connectivity index (χ2v) is 4.62. The lowest BCUT2D eigenvalue weighted by molar-refractivity contribution is -0.137. The fraction of sp³-hybridized carbons (Fsp3) is 0.118. The highest BCUT2D eigenvalue weighted by Gasteiger charge is 2.30. The number of carbonyl (C=O) groups excluding carboxylic acids is 1. The first kappa shape index (κ1) is 16.4. The normalized spacial score (nSPS) is 10.6. The molecule has 118 valence electrons. The zero-order valence-electron chi connectivity index (χ0n) is 12.1. The minimum Gasteiger partial charge on any atom is -0.465 e. The van der Waals surface area contributed by atoms with E-state index in [0.717, 1.165) is 12.1 Å². The van der Waals surface area contributed by atoms with Crippen LogP contribution in [0.4, 0.5) is 18.9 Å². The van der Waals surface area contributed by atoms with E-state index in [4.69, 9.17) is 5.73 Å². The smallest absolute Gasteiger partial charge is 0.416 e. The predicted molar refractivity (Wildman–Crippen MR) is 79.6 cm³/mol. The van der Waals surface area contributed by atoms with E-state index in [-0.39, 0.29) is 5.69 Å². The molecule has 0 aliphatic rings. The van der Waals surface area contributed by atoms with Crippen molar-refractivity contribution < 1.29 is 22.7 Å². The SMILES string of the molecule is COC(=O)c1ccc(C#Cc2ccc(C(F)(F)F)cc2N)cc1. The van der Waals surface area contributed by atoms with Gasteiger partial charge in [0.2, 0.25) is 0 Å². The van der Waals surface area contributed by atoms with Gasteiger partial charge in [0.05, 0.1) is 18.2 Å². The number of anilines is 1. The minimum absolute atomic E-state index is 0.0431. The molecule has 0 spiro atoms. The van der Waals surface area contributed by atoms with Crippen LogP contribution in [0.5, 0.6) is 0 Å². The molecule has 0 saturated carbocycles. The van der Waals surface area contributed by atoms with Crippen LogP contribution in [0.2, 0.25) is 0 Å². The largest absolute Gasteiger partial charge is 0.465 e. The zero-order chi connectivity index (χ0) is 17.0. The number of ether oxygens (including phenoxy) is 1. The highest BCUT2D eigenvalue weighted by atomic mass is 19.4. The molecular formula is C17H12F3NO2. The summed E-state index contributed by atoms with van der Waals surface area (Å²) < 4.78 is 42.2. The fourth-order valence-corrected chi connectivity index (χ4v) is 1.80.